The molecule has 0 amide bonds. The fourth-order valence-electron chi connectivity index (χ4n) is 1.16. The summed E-state index contributed by atoms with van der Waals surface area (Å²) in [7, 11) is 0. The van der Waals surface area contributed by atoms with Crippen molar-refractivity contribution in [3.8, 4) is 11.5 Å². The minimum absolute atomic E-state index is 0.369. The summed E-state index contributed by atoms with van der Waals surface area (Å²) in [5, 5.41) is 1.28. The van der Waals surface area contributed by atoms with Gasteiger partial charge in [0, 0.05) is 0 Å². The number of benzene rings is 2. The van der Waals surface area contributed by atoms with E-state index in [1.54, 1.807) is 36.4 Å². The molecular formula is C12H6Cl3O. The van der Waals surface area contributed by atoms with Crippen molar-refractivity contribution in [3.05, 3.63) is 57.5 Å². The van der Waals surface area contributed by atoms with Crippen LogP contribution >= 0.6 is 34.8 Å². The Labute approximate surface area is 109 Å². The molecule has 4 heteroatoms. The van der Waals surface area contributed by atoms with Crippen molar-refractivity contribution in [2.24, 2.45) is 0 Å². The third-order valence-electron chi connectivity index (χ3n) is 1.91. The number of halogens is 3. The lowest BCUT2D eigenvalue weighted by Gasteiger charge is -2.09. The lowest BCUT2D eigenvalue weighted by Crippen LogP contribution is -1.86. The Balaban J connectivity index is 2.35. The second kappa shape index (κ2) is 4.96. The van der Waals surface area contributed by atoms with Crippen molar-refractivity contribution in [1.29, 1.82) is 0 Å². The number of hydrogen-bond acceptors (Lipinski definition) is 1. The molecule has 0 unspecified atom stereocenters. The molecule has 1 nitrogen and oxygen atoms in total. The van der Waals surface area contributed by atoms with Crippen molar-refractivity contribution in [1.82, 2.24) is 0 Å². The van der Waals surface area contributed by atoms with Gasteiger partial charge in [-0.15, -0.1) is 0 Å². The third kappa shape index (κ3) is 2.43. The van der Waals surface area contributed by atoms with Crippen LogP contribution in [-0.2, 0) is 0 Å². The van der Waals surface area contributed by atoms with Crippen molar-refractivity contribution >= 4 is 34.8 Å². The Morgan fingerprint density at radius 3 is 2.50 bits per heavy atom. The fraction of sp³-hybridized carbons (Fsp3) is 0. The molecule has 0 aromatic heterocycles. The molecule has 0 aliphatic carbocycles. The summed E-state index contributed by atoms with van der Waals surface area (Å²) in [5.41, 5.74) is 0. The van der Waals surface area contributed by atoms with Crippen LogP contribution in [0.4, 0.5) is 0 Å². The highest BCUT2D eigenvalue weighted by Gasteiger charge is 2.08. The highest BCUT2D eigenvalue weighted by atomic mass is 35.5. The molecule has 81 valence electrons. The molecule has 0 atom stereocenters. The third-order valence-corrected chi connectivity index (χ3v) is 3.01. The summed E-state index contributed by atoms with van der Waals surface area (Å²) < 4.78 is 5.55. The van der Waals surface area contributed by atoms with E-state index in [9.17, 15) is 0 Å². The van der Waals surface area contributed by atoms with Crippen molar-refractivity contribution in [2.75, 3.05) is 0 Å². The van der Waals surface area contributed by atoms with Crippen LogP contribution in [-0.4, -0.2) is 0 Å². The van der Waals surface area contributed by atoms with Crippen LogP contribution in [0.3, 0.4) is 0 Å². The van der Waals surface area contributed by atoms with E-state index in [0.717, 1.165) is 0 Å². The summed E-state index contributed by atoms with van der Waals surface area (Å²) in [6.45, 7) is 0. The monoisotopic (exact) mass is 271 g/mol. The molecule has 2 aromatic carbocycles. The first kappa shape index (κ1) is 11.6. The summed E-state index contributed by atoms with van der Waals surface area (Å²) >= 11 is 17.8. The second-order valence-corrected chi connectivity index (χ2v) is 4.20. The average Bonchev–Trinajstić information content (AvgIpc) is 2.28. The number of hydrogen-bond donors (Lipinski definition) is 0. The molecule has 0 bridgehead atoms. The van der Waals surface area contributed by atoms with Gasteiger partial charge >= 0.3 is 0 Å². The standard InChI is InChI=1S/C12H6Cl3O/c13-8-4-1-2-6-10(8)16-11-7-3-5-9(14)12(11)15/h2-7H. The number of ether oxygens (including phenoxy) is 1. The van der Waals surface area contributed by atoms with Crippen LogP contribution in [0.15, 0.2) is 36.4 Å². The van der Waals surface area contributed by atoms with E-state index in [2.05, 4.69) is 6.07 Å². The Morgan fingerprint density at radius 2 is 1.75 bits per heavy atom. The molecule has 0 N–H and O–H groups in total. The van der Waals surface area contributed by atoms with Crippen molar-refractivity contribution < 1.29 is 4.74 Å². The maximum Gasteiger partial charge on any atom is 0.147 e. The van der Waals surface area contributed by atoms with E-state index >= 15 is 0 Å². The van der Waals surface area contributed by atoms with Gasteiger partial charge in [0.1, 0.15) is 16.5 Å². The molecule has 2 rings (SSSR count). The van der Waals surface area contributed by atoms with Gasteiger partial charge in [-0.25, -0.2) is 0 Å². The van der Waals surface area contributed by atoms with Crippen molar-refractivity contribution in [2.45, 2.75) is 0 Å². The Bertz CT molecular complexity index is 511. The largest absolute Gasteiger partial charge is 0.454 e. The van der Waals surface area contributed by atoms with Crippen LogP contribution in [0.25, 0.3) is 0 Å². The van der Waals surface area contributed by atoms with Crippen LogP contribution in [0, 0.1) is 6.07 Å². The van der Waals surface area contributed by atoms with Gasteiger partial charge < -0.3 is 4.74 Å². The molecule has 1 radical (unpaired) electrons. The van der Waals surface area contributed by atoms with Gasteiger partial charge in [0.05, 0.1) is 10.0 Å². The topological polar surface area (TPSA) is 9.23 Å². The molecule has 16 heavy (non-hydrogen) atoms. The van der Waals surface area contributed by atoms with E-state index < -0.39 is 0 Å². The van der Waals surface area contributed by atoms with Crippen LogP contribution in [0.2, 0.25) is 15.1 Å². The summed E-state index contributed by atoms with van der Waals surface area (Å²) in [6.07, 6.45) is 0. The first-order valence-corrected chi connectivity index (χ1v) is 5.59. The Kier molecular flexibility index (Phi) is 3.59. The van der Waals surface area contributed by atoms with Crippen LogP contribution in [0.5, 0.6) is 11.5 Å². The van der Waals surface area contributed by atoms with Gasteiger partial charge in [-0.1, -0.05) is 46.9 Å². The normalized spacial score (nSPS) is 10.2. The van der Waals surface area contributed by atoms with E-state index in [1.165, 1.54) is 0 Å². The minimum atomic E-state index is 0.369. The smallest absolute Gasteiger partial charge is 0.147 e. The van der Waals surface area contributed by atoms with Gasteiger partial charge in [-0.3, -0.25) is 0 Å². The molecule has 2 aromatic rings. The van der Waals surface area contributed by atoms with E-state index in [-0.39, 0.29) is 0 Å². The van der Waals surface area contributed by atoms with Gasteiger partial charge in [-0.05, 0) is 30.3 Å². The molecule has 0 saturated carbocycles. The average molecular weight is 273 g/mol. The SMILES string of the molecule is Clc1c[c]ccc1Oc1cccc(Cl)c1Cl. The van der Waals surface area contributed by atoms with Crippen LogP contribution < -0.4 is 4.74 Å². The first-order valence-electron chi connectivity index (χ1n) is 4.46. The number of rotatable bonds is 2. The minimum Gasteiger partial charge on any atom is -0.454 e. The molecular weight excluding hydrogens is 266 g/mol. The lowest BCUT2D eigenvalue weighted by atomic mass is 10.3. The quantitative estimate of drug-likeness (QED) is 0.726. The molecule has 0 aliphatic heterocycles. The van der Waals surface area contributed by atoms with Gasteiger partial charge in [0.2, 0.25) is 0 Å². The zero-order valence-corrected chi connectivity index (χ0v) is 10.3. The van der Waals surface area contributed by atoms with E-state index in [1.807, 2.05) is 0 Å². The summed E-state index contributed by atoms with van der Waals surface area (Å²) in [5.74, 6) is 0.992. The lowest BCUT2D eigenvalue weighted by molar-refractivity contribution is 0.483. The molecule has 0 spiro atoms. The first-order chi connectivity index (χ1) is 7.68. The second-order valence-electron chi connectivity index (χ2n) is 3.01. The zero-order valence-electron chi connectivity index (χ0n) is 8.01. The van der Waals surface area contributed by atoms with Crippen LogP contribution in [0.1, 0.15) is 0 Å². The summed E-state index contributed by atoms with van der Waals surface area (Å²) in [4.78, 5) is 0. The Morgan fingerprint density at radius 1 is 0.938 bits per heavy atom. The zero-order chi connectivity index (χ0) is 11.5. The Hall–Kier alpha value is -0.890. The predicted octanol–water partition coefficient (Wildman–Crippen LogP) is 5.24. The highest BCUT2D eigenvalue weighted by molar-refractivity contribution is 6.43. The van der Waals surface area contributed by atoms with Gasteiger partial charge in [0.25, 0.3) is 0 Å². The van der Waals surface area contributed by atoms with E-state index in [0.29, 0.717) is 26.6 Å². The molecule has 0 aliphatic rings. The van der Waals surface area contributed by atoms with Gasteiger partial charge in [0.15, 0.2) is 0 Å². The fourth-order valence-corrected chi connectivity index (χ4v) is 1.65. The highest BCUT2D eigenvalue weighted by Crippen LogP contribution is 2.36. The van der Waals surface area contributed by atoms with E-state index in [4.69, 9.17) is 39.5 Å². The predicted molar refractivity (Wildman–Crippen MR) is 66.8 cm³/mol. The van der Waals surface area contributed by atoms with Crippen molar-refractivity contribution in [3.63, 3.8) is 0 Å². The maximum atomic E-state index is 5.99. The molecule has 0 fully saturated rings. The summed E-state index contributed by atoms with van der Waals surface area (Å²) in [6, 6.07) is 13.0. The maximum absolute atomic E-state index is 5.99. The molecule has 0 heterocycles. The molecule has 0 saturated heterocycles. The van der Waals surface area contributed by atoms with Gasteiger partial charge in [-0.2, -0.15) is 0 Å².